The van der Waals surface area contributed by atoms with E-state index in [2.05, 4.69) is 17.0 Å². The maximum atomic E-state index is 12.3. The Labute approximate surface area is 153 Å². The lowest BCUT2D eigenvalue weighted by Gasteiger charge is -2.36. The Morgan fingerprint density at radius 3 is 2.62 bits per heavy atom. The number of aromatic nitrogens is 2. The van der Waals surface area contributed by atoms with E-state index in [1.54, 1.807) is 10.8 Å². The molecule has 3 rings (SSSR count). The number of rotatable bonds is 6. The number of amides is 1. The molecule has 1 aromatic rings. The molecular formula is C19H28N4O3. The normalized spacial score (nSPS) is 22.2. The van der Waals surface area contributed by atoms with Gasteiger partial charge in [-0.2, -0.15) is 5.10 Å². The second-order valence-corrected chi connectivity index (χ2v) is 7.49. The van der Waals surface area contributed by atoms with Gasteiger partial charge >= 0.3 is 5.97 Å². The summed E-state index contributed by atoms with van der Waals surface area (Å²) in [5.41, 5.74) is 6.97. The fraction of sp³-hybridized carbons (Fsp3) is 0.632. The highest BCUT2D eigenvalue weighted by Gasteiger charge is 2.40. The van der Waals surface area contributed by atoms with Crippen molar-refractivity contribution in [3.63, 3.8) is 0 Å². The predicted octanol–water partition coefficient (Wildman–Crippen LogP) is 1.79. The van der Waals surface area contributed by atoms with Crippen molar-refractivity contribution in [2.45, 2.75) is 75.9 Å². The maximum Gasteiger partial charge on any atom is 0.356 e. The fourth-order valence-electron chi connectivity index (χ4n) is 4.44. The van der Waals surface area contributed by atoms with Crippen LogP contribution in [0, 0.1) is 0 Å². The van der Waals surface area contributed by atoms with E-state index >= 15 is 0 Å². The summed E-state index contributed by atoms with van der Waals surface area (Å²) in [6.07, 6.45) is 9.60. The van der Waals surface area contributed by atoms with E-state index in [4.69, 9.17) is 5.73 Å². The van der Waals surface area contributed by atoms with Crippen molar-refractivity contribution in [1.29, 1.82) is 0 Å². The van der Waals surface area contributed by atoms with Crippen molar-refractivity contribution >= 4 is 11.9 Å². The van der Waals surface area contributed by atoms with Gasteiger partial charge in [-0.3, -0.25) is 9.48 Å². The number of nitrogens with zero attached hydrogens (tertiary/aromatic N) is 2. The Bertz CT molecular complexity index is 702. The molecule has 0 aromatic carbocycles. The van der Waals surface area contributed by atoms with E-state index in [-0.39, 0.29) is 17.6 Å². The number of hydrogen-bond donors (Lipinski definition) is 3. The zero-order valence-electron chi connectivity index (χ0n) is 15.2. The van der Waals surface area contributed by atoms with E-state index in [0.717, 1.165) is 62.6 Å². The van der Waals surface area contributed by atoms with E-state index in [0.29, 0.717) is 13.0 Å². The number of carbonyl (C=O) groups excluding carboxylic acids is 1. The Hall–Kier alpha value is -2.15. The molecule has 1 aromatic heterocycles. The molecule has 0 saturated heterocycles. The van der Waals surface area contributed by atoms with Gasteiger partial charge in [0.2, 0.25) is 5.91 Å². The van der Waals surface area contributed by atoms with Crippen molar-refractivity contribution in [1.82, 2.24) is 15.1 Å². The van der Waals surface area contributed by atoms with Crippen LogP contribution >= 0.6 is 0 Å². The molecule has 2 aliphatic carbocycles. The summed E-state index contributed by atoms with van der Waals surface area (Å²) in [5, 5.41) is 17.3. The number of carboxylic acids is 1. The quantitative estimate of drug-likeness (QED) is 0.529. The van der Waals surface area contributed by atoms with E-state index in [1.165, 1.54) is 0 Å². The average Bonchev–Trinajstić information content (AvgIpc) is 2.78. The van der Waals surface area contributed by atoms with Gasteiger partial charge in [-0.25, -0.2) is 4.79 Å². The minimum absolute atomic E-state index is 0.0348. The number of nitrogens with two attached hydrogens (primary N) is 1. The molecule has 26 heavy (non-hydrogen) atoms. The molecule has 1 amide bonds. The topological polar surface area (TPSA) is 110 Å². The largest absolute Gasteiger partial charge is 0.476 e. The van der Waals surface area contributed by atoms with Crippen LogP contribution in [0.4, 0.5) is 0 Å². The number of carbonyl (C=O) groups is 2. The number of hydrogen-bond acceptors (Lipinski definition) is 4. The second kappa shape index (κ2) is 7.61. The summed E-state index contributed by atoms with van der Waals surface area (Å²) in [6.45, 7) is 4.22. The summed E-state index contributed by atoms with van der Waals surface area (Å²) in [5.74, 6) is -1.30. The minimum atomic E-state index is -1.01. The Balaban J connectivity index is 1.84. The third-order valence-corrected chi connectivity index (χ3v) is 5.76. The van der Waals surface area contributed by atoms with Crippen molar-refractivity contribution in [2.75, 3.05) is 0 Å². The molecule has 4 N–H and O–H groups in total. The number of carboxylic acid groups (broad SMARTS) is 1. The maximum absolute atomic E-state index is 12.3. The van der Waals surface area contributed by atoms with Crippen LogP contribution in [0.15, 0.2) is 12.7 Å². The molecule has 7 heteroatoms. The van der Waals surface area contributed by atoms with Crippen LogP contribution in [0.25, 0.3) is 0 Å². The van der Waals surface area contributed by atoms with Crippen molar-refractivity contribution in [3.05, 3.63) is 29.6 Å². The van der Waals surface area contributed by atoms with Gasteiger partial charge in [-0.15, -0.1) is 6.58 Å². The van der Waals surface area contributed by atoms with Crippen LogP contribution in [0.5, 0.6) is 0 Å². The third-order valence-electron chi connectivity index (χ3n) is 5.76. The Morgan fingerprint density at radius 2 is 2.04 bits per heavy atom. The average molecular weight is 360 g/mol. The number of aromatic carboxylic acids is 1. The summed E-state index contributed by atoms with van der Waals surface area (Å²) in [7, 11) is 0. The SMILES string of the molecule is C=CCn1nc(C(=O)O)c2c1CC[C@@H](NC1(C(N)=O)CCCCCC1)C2. The Kier molecular flexibility index (Phi) is 5.46. The molecule has 1 atom stereocenters. The monoisotopic (exact) mass is 360 g/mol. The number of nitrogens with one attached hydrogen (secondary N) is 1. The van der Waals surface area contributed by atoms with Crippen LogP contribution in [-0.2, 0) is 24.2 Å². The molecule has 0 bridgehead atoms. The Morgan fingerprint density at radius 1 is 1.35 bits per heavy atom. The molecule has 0 aliphatic heterocycles. The fourth-order valence-corrected chi connectivity index (χ4v) is 4.44. The predicted molar refractivity (Wildman–Crippen MR) is 98.0 cm³/mol. The van der Waals surface area contributed by atoms with E-state index in [9.17, 15) is 14.7 Å². The molecule has 0 radical (unpaired) electrons. The highest BCUT2D eigenvalue weighted by Crippen LogP contribution is 2.31. The van der Waals surface area contributed by atoms with Crippen LogP contribution < -0.4 is 11.1 Å². The minimum Gasteiger partial charge on any atom is -0.476 e. The van der Waals surface area contributed by atoms with Crippen LogP contribution in [0.3, 0.4) is 0 Å². The molecule has 1 heterocycles. The molecule has 2 aliphatic rings. The van der Waals surface area contributed by atoms with Crippen LogP contribution in [0.2, 0.25) is 0 Å². The zero-order valence-corrected chi connectivity index (χ0v) is 15.2. The highest BCUT2D eigenvalue weighted by molar-refractivity contribution is 5.87. The second-order valence-electron chi connectivity index (χ2n) is 7.49. The first-order chi connectivity index (χ1) is 12.5. The lowest BCUT2D eigenvalue weighted by atomic mass is 9.84. The van der Waals surface area contributed by atoms with Crippen molar-refractivity contribution in [3.8, 4) is 0 Å². The highest BCUT2D eigenvalue weighted by atomic mass is 16.4. The smallest absolute Gasteiger partial charge is 0.356 e. The molecule has 0 unspecified atom stereocenters. The van der Waals surface area contributed by atoms with Gasteiger partial charge in [-0.05, 0) is 32.1 Å². The molecule has 0 spiro atoms. The molecule has 7 nitrogen and oxygen atoms in total. The summed E-state index contributed by atoms with van der Waals surface area (Å²) >= 11 is 0. The standard InChI is InChI=1S/C19H28N4O3/c1-2-11-23-15-8-7-13(12-14(15)16(22-23)17(24)25)21-19(18(20)26)9-5-3-4-6-10-19/h2,13,21H,1,3-12H2,(H2,20,26)(H,24,25)/t13-/m1/s1. The molecular weight excluding hydrogens is 332 g/mol. The molecule has 1 saturated carbocycles. The lowest BCUT2D eigenvalue weighted by Crippen LogP contribution is -2.59. The van der Waals surface area contributed by atoms with Crippen LogP contribution in [-0.4, -0.2) is 38.3 Å². The van der Waals surface area contributed by atoms with Crippen molar-refractivity contribution in [2.24, 2.45) is 5.73 Å². The summed E-state index contributed by atoms with van der Waals surface area (Å²) in [4.78, 5) is 23.9. The first-order valence-electron chi connectivity index (χ1n) is 9.47. The van der Waals surface area contributed by atoms with Gasteiger partial charge in [0.15, 0.2) is 5.69 Å². The third kappa shape index (κ3) is 3.53. The summed E-state index contributed by atoms with van der Waals surface area (Å²) in [6, 6.07) is 0.0348. The zero-order chi connectivity index (χ0) is 18.7. The summed E-state index contributed by atoms with van der Waals surface area (Å²) < 4.78 is 1.73. The number of primary amides is 1. The molecule has 142 valence electrons. The molecule has 1 fully saturated rings. The van der Waals surface area contributed by atoms with Gasteiger partial charge < -0.3 is 16.2 Å². The van der Waals surface area contributed by atoms with Gasteiger partial charge in [0, 0.05) is 17.3 Å². The van der Waals surface area contributed by atoms with E-state index in [1.807, 2.05) is 0 Å². The van der Waals surface area contributed by atoms with Crippen molar-refractivity contribution < 1.29 is 14.7 Å². The van der Waals surface area contributed by atoms with Gasteiger partial charge in [0.1, 0.15) is 0 Å². The number of fused-ring (bicyclic) bond motifs is 1. The first-order valence-corrected chi connectivity index (χ1v) is 9.47. The van der Waals surface area contributed by atoms with Gasteiger partial charge in [0.25, 0.3) is 0 Å². The number of allylic oxidation sites excluding steroid dienone is 1. The lowest BCUT2D eigenvalue weighted by molar-refractivity contribution is -0.125. The van der Waals surface area contributed by atoms with Gasteiger partial charge in [0.05, 0.1) is 12.1 Å². The van der Waals surface area contributed by atoms with Gasteiger partial charge in [-0.1, -0.05) is 31.8 Å². The van der Waals surface area contributed by atoms with E-state index < -0.39 is 11.5 Å². The first kappa shape index (κ1) is 18.6. The van der Waals surface area contributed by atoms with Crippen LogP contribution in [0.1, 0.15) is 66.7 Å².